The lowest BCUT2D eigenvalue weighted by molar-refractivity contribution is 0.0987. The highest BCUT2D eigenvalue weighted by Gasteiger charge is 2.35. The maximum Gasteiger partial charge on any atom is 0.163 e. The number of ketones is 1. The molecule has 0 bridgehead atoms. The number of halogens is 1. The van der Waals surface area contributed by atoms with Gasteiger partial charge in [-0.15, -0.1) is 0 Å². The van der Waals surface area contributed by atoms with E-state index in [0.717, 1.165) is 0 Å². The molecular weight excluding hydrogens is 207 g/mol. The summed E-state index contributed by atoms with van der Waals surface area (Å²) < 4.78 is 13.1. The van der Waals surface area contributed by atoms with E-state index >= 15 is 0 Å². The molecule has 4 heteroatoms. The van der Waals surface area contributed by atoms with Crippen LogP contribution in [0.25, 0.3) is 0 Å². The van der Waals surface area contributed by atoms with E-state index < -0.39 is 17.7 Å². The molecule has 3 nitrogen and oxygen atoms in total. The predicted octanol–water partition coefficient (Wildman–Crippen LogP) is 2.16. The third-order valence-corrected chi connectivity index (χ3v) is 2.80. The molecule has 0 saturated heterocycles. The van der Waals surface area contributed by atoms with Crippen LogP contribution in [-0.4, -0.2) is 5.78 Å². The van der Waals surface area contributed by atoms with Crippen molar-refractivity contribution >= 4 is 5.78 Å². The fourth-order valence-corrected chi connectivity index (χ4v) is 2.02. The molecule has 0 radical (unpaired) electrons. The van der Waals surface area contributed by atoms with Crippen LogP contribution in [0.2, 0.25) is 0 Å². The number of Topliss-reactive ketones (excluding diaryl/α,β-unsaturated/α-hetero) is 1. The summed E-state index contributed by atoms with van der Waals surface area (Å²) in [6.45, 7) is 0. The first-order valence-electron chi connectivity index (χ1n) is 4.79. The molecule has 1 aliphatic carbocycles. The Hall–Kier alpha value is -2.20. The van der Waals surface area contributed by atoms with Crippen LogP contribution in [0, 0.1) is 34.4 Å². The molecule has 0 saturated carbocycles. The molecule has 0 spiro atoms. The Morgan fingerprint density at radius 2 is 2.06 bits per heavy atom. The number of hydrogen-bond acceptors (Lipinski definition) is 3. The molecule has 0 heterocycles. The summed E-state index contributed by atoms with van der Waals surface area (Å²) in [6.07, 6.45) is 0.116. The number of nitriles is 2. The molecular formula is C12H7FN2O. The number of hydrogen-bond donors (Lipinski definition) is 0. The van der Waals surface area contributed by atoms with Crippen molar-refractivity contribution in [1.29, 1.82) is 10.5 Å². The van der Waals surface area contributed by atoms with Gasteiger partial charge in [-0.3, -0.25) is 4.79 Å². The van der Waals surface area contributed by atoms with Crippen molar-refractivity contribution in [1.82, 2.24) is 0 Å². The lowest BCUT2D eigenvalue weighted by Crippen LogP contribution is -2.06. The number of carbonyl (C=O) groups excluding carboxylic acids is 1. The van der Waals surface area contributed by atoms with Crippen molar-refractivity contribution in [2.45, 2.75) is 12.3 Å². The highest BCUT2D eigenvalue weighted by Crippen LogP contribution is 2.38. The molecule has 0 aromatic heterocycles. The zero-order valence-electron chi connectivity index (χ0n) is 8.27. The average Bonchev–Trinajstić information content (AvgIpc) is 2.58. The topological polar surface area (TPSA) is 64.7 Å². The van der Waals surface area contributed by atoms with Gasteiger partial charge in [-0.1, -0.05) is 0 Å². The minimum absolute atomic E-state index is 0.116. The summed E-state index contributed by atoms with van der Waals surface area (Å²) in [7, 11) is 0. The van der Waals surface area contributed by atoms with Crippen LogP contribution in [0.4, 0.5) is 4.39 Å². The molecule has 0 fully saturated rings. The largest absolute Gasteiger partial charge is 0.294 e. The third kappa shape index (κ3) is 1.45. The monoisotopic (exact) mass is 214 g/mol. The van der Waals surface area contributed by atoms with Crippen LogP contribution in [0.5, 0.6) is 0 Å². The fraction of sp³-hybridized carbons (Fsp3) is 0.250. The Morgan fingerprint density at radius 1 is 1.38 bits per heavy atom. The van der Waals surface area contributed by atoms with Gasteiger partial charge in [-0.2, -0.15) is 10.5 Å². The minimum atomic E-state index is -0.896. The lowest BCUT2D eigenvalue weighted by Gasteiger charge is -2.09. The summed E-state index contributed by atoms with van der Waals surface area (Å²) in [6, 6.07) is 7.55. The molecule has 1 aromatic carbocycles. The molecule has 0 aliphatic heterocycles. The van der Waals surface area contributed by atoms with Crippen LogP contribution in [-0.2, 0) is 0 Å². The van der Waals surface area contributed by atoms with Crippen molar-refractivity contribution in [2.75, 3.05) is 0 Å². The first-order valence-corrected chi connectivity index (χ1v) is 4.79. The number of fused-ring (bicyclic) bond motifs is 1. The summed E-state index contributed by atoms with van der Waals surface area (Å²) in [5.74, 6) is -1.97. The number of nitrogens with zero attached hydrogens (tertiary/aromatic N) is 2. The summed E-state index contributed by atoms with van der Waals surface area (Å²) >= 11 is 0. The van der Waals surface area contributed by atoms with Crippen molar-refractivity contribution < 1.29 is 9.18 Å². The summed E-state index contributed by atoms with van der Waals surface area (Å²) in [5.41, 5.74) is 0.917. The van der Waals surface area contributed by atoms with E-state index in [1.165, 1.54) is 18.2 Å². The third-order valence-electron chi connectivity index (χ3n) is 2.80. The zero-order valence-corrected chi connectivity index (χ0v) is 8.27. The van der Waals surface area contributed by atoms with Gasteiger partial charge in [-0.25, -0.2) is 4.39 Å². The van der Waals surface area contributed by atoms with Gasteiger partial charge in [0.25, 0.3) is 0 Å². The van der Waals surface area contributed by atoms with Crippen LogP contribution in [0.3, 0.4) is 0 Å². The number of carbonyl (C=O) groups is 1. The summed E-state index contributed by atoms with van der Waals surface area (Å²) in [4.78, 5) is 11.6. The molecule has 1 atom stereocenters. The second-order valence-corrected chi connectivity index (χ2v) is 3.70. The van der Waals surface area contributed by atoms with Crippen LogP contribution in [0.15, 0.2) is 18.2 Å². The van der Waals surface area contributed by atoms with Crippen LogP contribution >= 0.6 is 0 Å². The number of benzene rings is 1. The van der Waals surface area contributed by atoms with Crippen molar-refractivity contribution in [3.8, 4) is 12.1 Å². The Bertz CT molecular complexity index is 525. The second-order valence-electron chi connectivity index (χ2n) is 3.70. The minimum Gasteiger partial charge on any atom is -0.294 e. The van der Waals surface area contributed by atoms with E-state index in [-0.39, 0.29) is 12.2 Å². The van der Waals surface area contributed by atoms with Crippen molar-refractivity contribution in [2.24, 2.45) is 5.92 Å². The Morgan fingerprint density at radius 3 is 2.69 bits per heavy atom. The van der Waals surface area contributed by atoms with E-state index in [4.69, 9.17) is 10.5 Å². The first-order chi connectivity index (χ1) is 7.67. The lowest BCUT2D eigenvalue weighted by atomic mass is 9.89. The van der Waals surface area contributed by atoms with E-state index in [1.54, 1.807) is 0 Å². The highest BCUT2D eigenvalue weighted by atomic mass is 19.1. The van der Waals surface area contributed by atoms with Crippen LogP contribution in [0.1, 0.15) is 28.3 Å². The molecule has 0 amide bonds. The van der Waals surface area contributed by atoms with Gasteiger partial charge in [0.15, 0.2) is 5.78 Å². The smallest absolute Gasteiger partial charge is 0.163 e. The zero-order chi connectivity index (χ0) is 11.7. The Balaban J connectivity index is 2.51. The quantitative estimate of drug-likeness (QED) is 0.719. The standard InChI is InChI=1S/C12H7FN2O/c13-8-1-2-9-11(3-8)10(4-12(9)16)7(5-14)6-15/h1-3,7,10H,4H2. The SMILES string of the molecule is N#CC(C#N)C1CC(=O)c2ccc(F)cc21. The van der Waals surface area contributed by atoms with Gasteiger partial charge < -0.3 is 0 Å². The molecule has 1 aliphatic rings. The predicted molar refractivity (Wildman–Crippen MR) is 52.8 cm³/mol. The fourth-order valence-electron chi connectivity index (χ4n) is 2.02. The average molecular weight is 214 g/mol. The second kappa shape index (κ2) is 3.75. The molecule has 2 rings (SSSR count). The maximum absolute atomic E-state index is 13.1. The van der Waals surface area contributed by atoms with Gasteiger partial charge in [-0.05, 0) is 23.8 Å². The van der Waals surface area contributed by atoms with Gasteiger partial charge in [0.1, 0.15) is 11.7 Å². The molecule has 1 aromatic rings. The Labute approximate surface area is 91.7 Å². The van der Waals surface area contributed by atoms with Gasteiger partial charge >= 0.3 is 0 Å². The van der Waals surface area contributed by atoms with E-state index in [1.807, 2.05) is 12.1 Å². The number of rotatable bonds is 1. The van der Waals surface area contributed by atoms with Gasteiger partial charge in [0, 0.05) is 17.9 Å². The van der Waals surface area contributed by atoms with E-state index in [0.29, 0.717) is 11.1 Å². The van der Waals surface area contributed by atoms with Gasteiger partial charge in [0.05, 0.1) is 12.1 Å². The van der Waals surface area contributed by atoms with Crippen molar-refractivity contribution in [3.63, 3.8) is 0 Å². The normalized spacial score (nSPS) is 18.0. The van der Waals surface area contributed by atoms with E-state index in [9.17, 15) is 9.18 Å². The molecule has 78 valence electrons. The maximum atomic E-state index is 13.1. The molecule has 1 unspecified atom stereocenters. The summed E-state index contributed by atoms with van der Waals surface area (Å²) in [5, 5.41) is 17.6. The molecule has 0 N–H and O–H groups in total. The highest BCUT2D eigenvalue weighted by molar-refractivity contribution is 6.01. The van der Waals surface area contributed by atoms with E-state index in [2.05, 4.69) is 0 Å². The van der Waals surface area contributed by atoms with Crippen molar-refractivity contribution in [3.05, 3.63) is 35.1 Å². The Kier molecular flexibility index (Phi) is 2.42. The van der Waals surface area contributed by atoms with Crippen LogP contribution < -0.4 is 0 Å². The van der Waals surface area contributed by atoms with Gasteiger partial charge in [0.2, 0.25) is 0 Å². The molecule has 16 heavy (non-hydrogen) atoms. The first kappa shape index (κ1) is 10.3.